The van der Waals surface area contributed by atoms with Crippen molar-refractivity contribution in [1.82, 2.24) is 9.78 Å². The van der Waals surface area contributed by atoms with Crippen LogP contribution in [0.5, 0.6) is 11.5 Å². The number of nitrogens with zero attached hydrogens (tertiary/aromatic N) is 4. The van der Waals surface area contributed by atoms with Gasteiger partial charge in [0.25, 0.3) is 5.69 Å². The lowest BCUT2D eigenvalue weighted by molar-refractivity contribution is -0.386. The first-order valence-electron chi connectivity index (χ1n) is 9.27. The lowest BCUT2D eigenvalue weighted by Crippen LogP contribution is -2.20. The molecule has 1 heterocycles. The second-order valence-corrected chi connectivity index (χ2v) is 7.38. The predicted octanol–water partition coefficient (Wildman–Crippen LogP) is 4.71. The van der Waals surface area contributed by atoms with Gasteiger partial charge >= 0.3 is 5.69 Å². The van der Waals surface area contributed by atoms with Crippen LogP contribution in [0, 0.1) is 41.0 Å². The van der Waals surface area contributed by atoms with E-state index in [4.69, 9.17) is 16.3 Å². The summed E-state index contributed by atoms with van der Waals surface area (Å²) in [5.41, 5.74) is 0.851. The largest absolute Gasteiger partial charge is 0.457 e. The molecule has 1 amide bonds. The standard InChI is InChI=1S/C20H18ClN5O6/c1-11-6-16(4-5-18(11)21)32-17-8-14(7-15(9-17)25(28)29)22-19(27)10-24-13(3)20(26(30)31)12(2)23-24/h4-9H,10H2,1-3H3,(H,22,27). The maximum atomic E-state index is 12.5. The fourth-order valence-corrected chi connectivity index (χ4v) is 3.20. The Kier molecular flexibility index (Phi) is 6.40. The van der Waals surface area contributed by atoms with Crippen molar-refractivity contribution in [3.8, 4) is 11.5 Å². The lowest BCUT2D eigenvalue weighted by Gasteiger charge is -2.11. The van der Waals surface area contributed by atoms with E-state index in [9.17, 15) is 25.0 Å². The minimum Gasteiger partial charge on any atom is -0.457 e. The van der Waals surface area contributed by atoms with E-state index in [0.29, 0.717) is 10.8 Å². The number of aromatic nitrogens is 2. The fourth-order valence-electron chi connectivity index (χ4n) is 3.08. The van der Waals surface area contributed by atoms with Crippen molar-refractivity contribution in [3.05, 3.63) is 78.6 Å². The maximum Gasteiger partial charge on any atom is 0.312 e. The average molecular weight is 460 g/mol. The number of carbonyl (C=O) groups excluding carboxylic acids is 1. The third kappa shape index (κ3) is 5.01. The monoisotopic (exact) mass is 459 g/mol. The normalized spacial score (nSPS) is 10.6. The number of anilines is 1. The van der Waals surface area contributed by atoms with Crippen LogP contribution < -0.4 is 10.1 Å². The number of nitro groups is 2. The van der Waals surface area contributed by atoms with Gasteiger partial charge in [-0.05, 0) is 44.5 Å². The molecule has 0 fully saturated rings. The Morgan fingerprint density at radius 2 is 1.81 bits per heavy atom. The molecule has 166 valence electrons. The topological polar surface area (TPSA) is 142 Å². The van der Waals surface area contributed by atoms with E-state index < -0.39 is 15.8 Å². The zero-order chi connectivity index (χ0) is 23.6. The van der Waals surface area contributed by atoms with Crippen LogP contribution >= 0.6 is 11.6 Å². The van der Waals surface area contributed by atoms with E-state index in [1.54, 1.807) is 25.1 Å². The van der Waals surface area contributed by atoms with Crippen molar-refractivity contribution in [1.29, 1.82) is 0 Å². The molecule has 1 N–H and O–H groups in total. The highest BCUT2D eigenvalue weighted by molar-refractivity contribution is 6.31. The Balaban J connectivity index is 1.83. The quantitative estimate of drug-likeness (QED) is 0.398. The van der Waals surface area contributed by atoms with E-state index in [1.807, 2.05) is 0 Å². The maximum absolute atomic E-state index is 12.5. The molecule has 0 atom stereocenters. The number of nitrogens with one attached hydrogen (secondary N) is 1. The van der Waals surface area contributed by atoms with Crippen LogP contribution in [0.4, 0.5) is 17.1 Å². The van der Waals surface area contributed by atoms with Gasteiger partial charge in [-0.1, -0.05) is 11.6 Å². The Bertz CT molecular complexity index is 1240. The van der Waals surface area contributed by atoms with Crippen LogP contribution in [-0.2, 0) is 11.3 Å². The third-order valence-corrected chi connectivity index (χ3v) is 4.99. The summed E-state index contributed by atoms with van der Waals surface area (Å²) in [7, 11) is 0. The summed E-state index contributed by atoms with van der Waals surface area (Å²) in [6.45, 7) is 4.44. The summed E-state index contributed by atoms with van der Waals surface area (Å²) in [6.07, 6.45) is 0. The number of amides is 1. The molecule has 0 unspecified atom stereocenters. The number of aryl methyl sites for hydroxylation is 2. The van der Waals surface area contributed by atoms with Gasteiger partial charge in [-0.25, -0.2) is 0 Å². The molecule has 0 bridgehead atoms. The highest BCUT2D eigenvalue weighted by Gasteiger charge is 2.23. The summed E-state index contributed by atoms with van der Waals surface area (Å²) in [4.78, 5) is 33.8. The van der Waals surface area contributed by atoms with Gasteiger partial charge in [-0.3, -0.25) is 29.7 Å². The number of non-ortho nitro benzene ring substituents is 1. The van der Waals surface area contributed by atoms with Gasteiger partial charge in [0.05, 0.1) is 21.6 Å². The Morgan fingerprint density at radius 3 is 2.41 bits per heavy atom. The highest BCUT2D eigenvalue weighted by Crippen LogP contribution is 2.31. The Labute approximate surface area is 186 Å². The van der Waals surface area contributed by atoms with Crippen molar-refractivity contribution < 1.29 is 19.4 Å². The van der Waals surface area contributed by atoms with Gasteiger partial charge in [-0.15, -0.1) is 0 Å². The van der Waals surface area contributed by atoms with Crippen molar-refractivity contribution in [2.45, 2.75) is 27.3 Å². The number of hydrogen-bond donors (Lipinski definition) is 1. The average Bonchev–Trinajstić information content (AvgIpc) is 2.97. The summed E-state index contributed by atoms with van der Waals surface area (Å²) in [5.74, 6) is -0.0168. The van der Waals surface area contributed by atoms with Gasteiger partial charge < -0.3 is 10.1 Å². The molecule has 0 radical (unpaired) electrons. The van der Waals surface area contributed by atoms with Gasteiger partial charge in [0.15, 0.2) is 0 Å². The van der Waals surface area contributed by atoms with Crippen LogP contribution in [0.2, 0.25) is 5.02 Å². The molecule has 32 heavy (non-hydrogen) atoms. The molecule has 1 aromatic heterocycles. The van der Waals surface area contributed by atoms with Crippen LogP contribution in [0.3, 0.4) is 0 Å². The van der Waals surface area contributed by atoms with Gasteiger partial charge in [0.2, 0.25) is 5.91 Å². The van der Waals surface area contributed by atoms with Crippen LogP contribution in [0.25, 0.3) is 0 Å². The number of hydrogen-bond acceptors (Lipinski definition) is 7. The van der Waals surface area contributed by atoms with Crippen LogP contribution in [0.15, 0.2) is 36.4 Å². The van der Waals surface area contributed by atoms with E-state index >= 15 is 0 Å². The summed E-state index contributed by atoms with van der Waals surface area (Å²) in [5, 5.41) is 29.6. The van der Waals surface area contributed by atoms with Crippen molar-refractivity contribution in [3.63, 3.8) is 0 Å². The van der Waals surface area contributed by atoms with Gasteiger partial charge in [0, 0.05) is 17.2 Å². The molecule has 11 nitrogen and oxygen atoms in total. The second kappa shape index (κ2) is 9.02. The van der Waals surface area contributed by atoms with Crippen LogP contribution in [0.1, 0.15) is 17.0 Å². The summed E-state index contributed by atoms with van der Waals surface area (Å²) < 4.78 is 6.91. The first-order valence-corrected chi connectivity index (χ1v) is 9.64. The smallest absolute Gasteiger partial charge is 0.312 e. The van der Waals surface area contributed by atoms with E-state index in [2.05, 4.69) is 10.4 Å². The third-order valence-electron chi connectivity index (χ3n) is 4.57. The lowest BCUT2D eigenvalue weighted by atomic mass is 10.2. The van der Waals surface area contributed by atoms with Gasteiger partial charge in [-0.2, -0.15) is 5.10 Å². The zero-order valence-corrected chi connectivity index (χ0v) is 18.0. The molecule has 0 saturated heterocycles. The molecule has 3 rings (SSSR count). The molecule has 0 saturated carbocycles. The summed E-state index contributed by atoms with van der Waals surface area (Å²) in [6, 6.07) is 8.77. The minimum absolute atomic E-state index is 0.126. The molecule has 0 aliphatic rings. The number of benzene rings is 2. The SMILES string of the molecule is Cc1cc(Oc2cc(NC(=O)Cn3nc(C)c([N+](=O)[O-])c3C)cc([N+](=O)[O-])c2)ccc1Cl. The molecule has 2 aromatic carbocycles. The molecule has 0 aliphatic carbocycles. The number of nitro benzene ring substituents is 1. The number of carbonyl (C=O) groups is 1. The molecular weight excluding hydrogens is 442 g/mol. The van der Waals surface area contributed by atoms with Gasteiger partial charge in [0.1, 0.15) is 29.4 Å². The first-order chi connectivity index (χ1) is 15.0. The summed E-state index contributed by atoms with van der Waals surface area (Å²) >= 11 is 6.00. The molecule has 12 heteroatoms. The van der Waals surface area contributed by atoms with Crippen LogP contribution in [-0.4, -0.2) is 25.5 Å². The van der Waals surface area contributed by atoms with E-state index in [1.165, 1.54) is 36.7 Å². The first kappa shape index (κ1) is 22.7. The van der Waals surface area contributed by atoms with Crippen molar-refractivity contribution in [2.75, 3.05) is 5.32 Å². The minimum atomic E-state index is -0.611. The van der Waals surface area contributed by atoms with E-state index in [-0.39, 0.29) is 40.7 Å². The molecular formula is C20H18ClN5O6. The number of ether oxygens (including phenoxy) is 1. The van der Waals surface area contributed by atoms with Crippen molar-refractivity contribution >= 4 is 34.6 Å². The second-order valence-electron chi connectivity index (χ2n) is 6.97. The fraction of sp³-hybridized carbons (Fsp3) is 0.200. The Hall–Kier alpha value is -3.99. The van der Waals surface area contributed by atoms with E-state index in [0.717, 1.165) is 5.56 Å². The predicted molar refractivity (Wildman–Crippen MR) is 116 cm³/mol. The molecule has 0 spiro atoms. The molecule has 3 aromatic rings. The van der Waals surface area contributed by atoms with Crippen molar-refractivity contribution in [2.24, 2.45) is 0 Å². The molecule has 0 aliphatic heterocycles. The highest BCUT2D eigenvalue weighted by atomic mass is 35.5. The number of halogens is 1. The Morgan fingerprint density at radius 1 is 1.09 bits per heavy atom. The number of rotatable bonds is 7. The zero-order valence-electron chi connectivity index (χ0n) is 17.3.